The molecule has 0 bridgehead atoms. The Labute approximate surface area is 112 Å². The lowest BCUT2D eigenvalue weighted by Gasteiger charge is -2.48. The number of benzene rings is 1. The van der Waals surface area contributed by atoms with E-state index in [-0.39, 0.29) is 5.54 Å². The summed E-state index contributed by atoms with van der Waals surface area (Å²) in [5, 5.41) is 0. The molecular formula is C16H28N2+2. The molecule has 4 atom stereocenters. The summed E-state index contributed by atoms with van der Waals surface area (Å²) in [5.74, 6) is 0.709. The molecule has 2 nitrogen and oxygen atoms in total. The van der Waals surface area contributed by atoms with Gasteiger partial charge in [-0.3, -0.25) is 0 Å². The minimum Gasteiger partial charge on any atom is -0.335 e. The van der Waals surface area contributed by atoms with Crippen LogP contribution in [0, 0.1) is 5.92 Å². The Morgan fingerprint density at radius 2 is 1.78 bits per heavy atom. The quantitative estimate of drug-likeness (QED) is 0.727. The highest BCUT2D eigenvalue weighted by Gasteiger charge is 2.51. The van der Waals surface area contributed by atoms with Gasteiger partial charge in [0.1, 0.15) is 5.54 Å². The Hall–Kier alpha value is -0.860. The molecule has 0 amide bonds. The molecule has 1 saturated heterocycles. The monoisotopic (exact) mass is 248 g/mol. The fourth-order valence-corrected chi connectivity index (χ4v) is 3.84. The lowest BCUT2D eigenvalue weighted by atomic mass is 9.71. The molecular weight excluding hydrogens is 220 g/mol. The summed E-state index contributed by atoms with van der Waals surface area (Å²) in [7, 11) is 6.97. The predicted molar refractivity (Wildman–Crippen MR) is 75.9 cm³/mol. The highest BCUT2D eigenvalue weighted by molar-refractivity contribution is 5.23. The molecule has 0 saturated carbocycles. The first kappa shape index (κ1) is 13.6. The highest BCUT2D eigenvalue weighted by atomic mass is 15.2. The summed E-state index contributed by atoms with van der Waals surface area (Å²) < 4.78 is 0. The zero-order valence-electron chi connectivity index (χ0n) is 12.5. The molecule has 1 aliphatic rings. The molecule has 0 spiro atoms. The predicted octanol–water partition coefficient (Wildman–Crippen LogP) is -0.0306. The van der Waals surface area contributed by atoms with Crippen LogP contribution in [0.25, 0.3) is 0 Å². The van der Waals surface area contributed by atoms with E-state index in [0.29, 0.717) is 5.92 Å². The van der Waals surface area contributed by atoms with Crippen LogP contribution < -0.4 is 9.80 Å². The van der Waals surface area contributed by atoms with Crippen LogP contribution in [-0.2, 0) is 5.54 Å². The van der Waals surface area contributed by atoms with Crippen molar-refractivity contribution in [2.75, 3.05) is 27.7 Å². The molecule has 1 heterocycles. The average Bonchev–Trinajstić information content (AvgIpc) is 2.34. The largest absolute Gasteiger partial charge is 0.335 e. The topological polar surface area (TPSA) is 8.88 Å². The van der Waals surface area contributed by atoms with Crippen LogP contribution in [-0.4, -0.2) is 33.7 Å². The molecule has 2 heteroatoms. The first-order valence-corrected chi connectivity index (χ1v) is 7.17. The second-order valence-electron chi connectivity index (χ2n) is 6.39. The third kappa shape index (κ3) is 2.08. The molecule has 0 aromatic heterocycles. The van der Waals surface area contributed by atoms with Gasteiger partial charge in [-0.15, -0.1) is 0 Å². The molecule has 1 aliphatic heterocycles. The Balaban J connectivity index is 2.44. The van der Waals surface area contributed by atoms with Crippen molar-refractivity contribution >= 4 is 0 Å². The summed E-state index contributed by atoms with van der Waals surface area (Å²) in [4.78, 5) is 3.25. The highest BCUT2D eigenvalue weighted by Crippen LogP contribution is 2.32. The van der Waals surface area contributed by atoms with Gasteiger partial charge in [0.05, 0.1) is 46.1 Å². The van der Waals surface area contributed by atoms with Gasteiger partial charge >= 0.3 is 0 Å². The number of hydrogen-bond acceptors (Lipinski definition) is 0. The molecule has 2 N–H and O–H groups in total. The second kappa shape index (κ2) is 5.02. The molecule has 1 unspecified atom stereocenters. The maximum absolute atomic E-state index is 2.43. The lowest BCUT2D eigenvalue weighted by molar-refractivity contribution is -0.974. The van der Waals surface area contributed by atoms with Crippen LogP contribution in [0.2, 0.25) is 0 Å². The molecule has 0 aliphatic carbocycles. The van der Waals surface area contributed by atoms with Crippen molar-refractivity contribution in [3.63, 3.8) is 0 Å². The second-order valence-corrected chi connectivity index (χ2v) is 6.39. The number of hydrogen-bond donors (Lipinski definition) is 2. The summed E-state index contributed by atoms with van der Waals surface area (Å²) in [6, 6.07) is 11.9. The maximum atomic E-state index is 2.43. The molecule has 1 aromatic rings. The van der Waals surface area contributed by atoms with Crippen LogP contribution in [0.4, 0.5) is 0 Å². The van der Waals surface area contributed by atoms with E-state index in [9.17, 15) is 0 Å². The van der Waals surface area contributed by atoms with Gasteiger partial charge in [-0.2, -0.15) is 0 Å². The fourth-order valence-electron chi connectivity index (χ4n) is 3.84. The minimum atomic E-state index is 0.278. The van der Waals surface area contributed by atoms with E-state index in [1.165, 1.54) is 18.5 Å². The lowest BCUT2D eigenvalue weighted by Crippen LogP contribution is -3.22. The molecule has 100 valence electrons. The SMILES string of the molecule is C[C@@H]1C[C@@](c2ccccc2)([NH+](C)C)[C@H](C)C[NH+]1C. The maximum Gasteiger partial charge on any atom is 0.136 e. The van der Waals surface area contributed by atoms with Gasteiger partial charge in [0.15, 0.2) is 0 Å². The van der Waals surface area contributed by atoms with Gasteiger partial charge < -0.3 is 9.80 Å². The Morgan fingerprint density at radius 1 is 1.17 bits per heavy atom. The van der Waals surface area contributed by atoms with E-state index in [1.807, 2.05) is 0 Å². The average molecular weight is 248 g/mol. The minimum absolute atomic E-state index is 0.278. The van der Waals surface area contributed by atoms with Crippen molar-refractivity contribution < 1.29 is 9.80 Å². The molecule has 2 rings (SSSR count). The van der Waals surface area contributed by atoms with Gasteiger partial charge in [0.25, 0.3) is 0 Å². The first-order valence-electron chi connectivity index (χ1n) is 7.17. The van der Waals surface area contributed by atoms with E-state index in [2.05, 4.69) is 65.3 Å². The van der Waals surface area contributed by atoms with E-state index in [4.69, 9.17) is 0 Å². The summed E-state index contributed by atoms with van der Waals surface area (Å²) >= 11 is 0. The third-order valence-electron chi connectivity index (χ3n) is 5.12. The molecule has 0 radical (unpaired) electrons. The van der Waals surface area contributed by atoms with Crippen molar-refractivity contribution in [1.82, 2.24) is 0 Å². The fraction of sp³-hybridized carbons (Fsp3) is 0.625. The van der Waals surface area contributed by atoms with Gasteiger partial charge in [-0.05, 0) is 6.92 Å². The van der Waals surface area contributed by atoms with Crippen molar-refractivity contribution in [3.05, 3.63) is 35.9 Å². The number of piperidine rings is 1. The van der Waals surface area contributed by atoms with Crippen molar-refractivity contribution in [2.24, 2.45) is 5.92 Å². The van der Waals surface area contributed by atoms with Gasteiger partial charge in [0, 0.05) is 5.56 Å². The number of quaternary nitrogens is 2. The molecule has 1 aromatic carbocycles. The smallest absolute Gasteiger partial charge is 0.136 e. The Kier molecular flexibility index (Phi) is 3.79. The zero-order valence-corrected chi connectivity index (χ0v) is 12.5. The first-order chi connectivity index (χ1) is 8.48. The van der Waals surface area contributed by atoms with E-state index in [1.54, 1.807) is 9.80 Å². The summed E-state index contributed by atoms with van der Waals surface area (Å²) in [5.41, 5.74) is 1.79. The van der Waals surface area contributed by atoms with E-state index in [0.717, 1.165) is 6.04 Å². The van der Waals surface area contributed by atoms with Gasteiger partial charge in [-0.1, -0.05) is 37.3 Å². The molecule has 1 fully saturated rings. The Morgan fingerprint density at radius 3 is 2.33 bits per heavy atom. The normalized spacial score (nSPS) is 36.9. The Bertz CT molecular complexity index is 387. The van der Waals surface area contributed by atoms with Gasteiger partial charge in [-0.25, -0.2) is 0 Å². The number of nitrogens with one attached hydrogen (secondary N) is 2. The van der Waals surface area contributed by atoms with Crippen LogP contribution in [0.15, 0.2) is 30.3 Å². The van der Waals surface area contributed by atoms with Gasteiger partial charge in [0.2, 0.25) is 0 Å². The van der Waals surface area contributed by atoms with Crippen molar-refractivity contribution in [2.45, 2.75) is 31.8 Å². The standard InChI is InChI=1S/C16H26N2/c1-13-12-18(5)14(2)11-16(13,17(3)4)15-9-7-6-8-10-15/h6-10,13-14H,11-12H2,1-5H3/p+2/t13-,14-,16-/m1/s1. The van der Waals surface area contributed by atoms with E-state index >= 15 is 0 Å². The summed E-state index contributed by atoms with van der Waals surface area (Å²) in [6.07, 6.45) is 1.27. The zero-order chi connectivity index (χ0) is 13.3. The van der Waals surface area contributed by atoms with Crippen molar-refractivity contribution in [1.29, 1.82) is 0 Å². The van der Waals surface area contributed by atoms with Crippen molar-refractivity contribution in [3.8, 4) is 0 Å². The summed E-state index contributed by atoms with van der Waals surface area (Å²) in [6.45, 7) is 6.08. The van der Waals surface area contributed by atoms with Crippen LogP contribution in [0.3, 0.4) is 0 Å². The number of rotatable bonds is 2. The van der Waals surface area contributed by atoms with Crippen LogP contribution in [0.1, 0.15) is 25.8 Å². The van der Waals surface area contributed by atoms with Crippen LogP contribution in [0.5, 0.6) is 0 Å². The van der Waals surface area contributed by atoms with E-state index < -0.39 is 0 Å². The molecule has 18 heavy (non-hydrogen) atoms. The van der Waals surface area contributed by atoms with Crippen LogP contribution >= 0.6 is 0 Å². The third-order valence-corrected chi connectivity index (χ3v) is 5.12. The number of likely N-dealkylation sites (tertiary alicyclic amines) is 1.